The molecule has 0 amide bonds. The molecule has 1 aromatic rings. The molecule has 1 aromatic heterocycles. The molecule has 0 fully saturated rings. The molecule has 1 rings (SSSR count). The minimum atomic E-state index is 0.292. The van der Waals surface area contributed by atoms with Crippen LogP contribution >= 0.6 is 27.3 Å². The van der Waals surface area contributed by atoms with Gasteiger partial charge in [0.15, 0.2) is 0 Å². The van der Waals surface area contributed by atoms with Crippen molar-refractivity contribution in [3.63, 3.8) is 0 Å². The highest BCUT2D eigenvalue weighted by Gasteiger charge is 2.12. The molecule has 13 heavy (non-hydrogen) atoms. The molecule has 3 N–H and O–H groups in total. The fourth-order valence-corrected chi connectivity index (χ4v) is 2.90. The first kappa shape index (κ1) is 11.2. The zero-order chi connectivity index (χ0) is 9.68. The van der Waals surface area contributed by atoms with Crippen LogP contribution in [0, 0.1) is 0 Å². The topological polar surface area (TPSA) is 38.0 Å². The predicted molar refractivity (Wildman–Crippen MR) is 61.6 cm³/mol. The van der Waals surface area contributed by atoms with Crippen molar-refractivity contribution < 1.29 is 0 Å². The Morgan fingerprint density at radius 1 is 1.62 bits per heavy atom. The molecule has 2 nitrogen and oxygen atoms in total. The molecule has 0 aliphatic carbocycles. The monoisotopic (exact) mass is 262 g/mol. The average Bonchev–Trinajstić information content (AvgIpc) is 2.54. The van der Waals surface area contributed by atoms with Crippen LogP contribution in [0.15, 0.2) is 15.2 Å². The van der Waals surface area contributed by atoms with Crippen molar-refractivity contribution in [1.29, 1.82) is 0 Å². The van der Waals surface area contributed by atoms with Crippen LogP contribution in [0.3, 0.4) is 0 Å². The number of nitrogens with two attached hydrogens (primary N) is 1. The van der Waals surface area contributed by atoms with Gasteiger partial charge in [0.1, 0.15) is 0 Å². The van der Waals surface area contributed by atoms with Gasteiger partial charge in [0, 0.05) is 15.9 Å². The maximum Gasteiger partial charge on any atom is 0.0479 e. The second-order valence-corrected chi connectivity index (χ2v) is 4.63. The molecule has 1 unspecified atom stereocenters. The van der Waals surface area contributed by atoms with Crippen molar-refractivity contribution in [3.8, 4) is 0 Å². The number of rotatable bonds is 5. The van der Waals surface area contributed by atoms with Crippen LogP contribution in [-0.4, -0.2) is 0 Å². The standard InChI is InChI=1S/C9H15BrN2S/c1-2-3-4-9(12-11)7-5-13-6-8(7)10/h5-6,9,12H,2-4,11H2,1H3. The first-order valence-electron chi connectivity index (χ1n) is 4.47. The number of nitrogens with one attached hydrogen (secondary N) is 1. The third kappa shape index (κ3) is 3.06. The van der Waals surface area contributed by atoms with Gasteiger partial charge in [0.2, 0.25) is 0 Å². The Morgan fingerprint density at radius 2 is 2.38 bits per heavy atom. The molecular formula is C9H15BrN2S. The zero-order valence-electron chi connectivity index (χ0n) is 7.72. The molecule has 0 saturated carbocycles. The third-order valence-electron chi connectivity index (χ3n) is 2.07. The summed E-state index contributed by atoms with van der Waals surface area (Å²) in [5.41, 5.74) is 4.14. The van der Waals surface area contributed by atoms with Gasteiger partial charge in [-0.05, 0) is 33.3 Å². The number of hydrogen-bond acceptors (Lipinski definition) is 3. The van der Waals surface area contributed by atoms with E-state index in [1.165, 1.54) is 18.4 Å². The quantitative estimate of drug-likeness (QED) is 0.632. The largest absolute Gasteiger partial charge is 0.271 e. The van der Waals surface area contributed by atoms with Crippen LogP contribution in [0.5, 0.6) is 0 Å². The van der Waals surface area contributed by atoms with Gasteiger partial charge in [0.05, 0.1) is 0 Å². The second kappa shape index (κ2) is 5.75. The lowest BCUT2D eigenvalue weighted by Crippen LogP contribution is -2.27. The van der Waals surface area contributed by atoms with E-state index in [9.17, 15) is 0 Å². The Balaban J connectivity index is 2.61. The third-order valence-corrected chi connectivity index (χ3v) is 3.82. The summed E-state index contributed by atoms with van der Waals surface area (Å²) >= 11 is 5.22. The number of hydrazine groups is 1. The number of hydrogen-bond donors (Lipinski definition) is 2. The summed E-state index contributed by atoms with van der Waals surface area (Å²) in [6, 6.07) is 0.292. The van der Waals surface area contributed by atoms with E-state index in [2.05, 4.69) is 39.0 Å². The van der Waals surface area contributed by atoms with Crippen molar-refractivity contribution in [2.24, 2.45) is 5.84 Å². The molecular weight excluding hydrogens is 248 g/mol. The number of thiophene rings is 1. The Kier molecular flexibility index (Phi) is 4.94. The van der Waals surface area contributed by atoms with Gasteiger partial charge in [-0.3, -0.25) is 11.3 Å². The molecule has 0 spiro atoms. The summed E-state index contributed by atoms with van der Waals surface area (Å²) in [4.78, 5) is 0. The highest BCUT2D eigenvalue weighted by Crippen LogP contribution is 2.29. The molecule has 1 heterocycles. The maximum atomic E-state index is 5.51. The van der Waals surface area contributed by atoms with E-state index >= 15 is 0 Å². The first-order chi connectivity index (χ1) is 6.29. The Labute approximate surface area is 91.6 Å². The van der Waals surface area contributed by atoms with Crippen molar-refractivity contribution in [2.45, 2.75) is 32.2 Å². The molecule has 0 bridgehead atoms. The molecule has 0 saturated heterocycles. The lowest BCUT2D eigenvalue weighted by molar-refractivity contribution is 0.495. The van der Waals surface area contributed by atoms with Crippen LogP contribution in [-0.2, 0) is 0 Å². The average molecular weight is 263 g/mol. The summed E-state index contributed by atoms with van der Waals surface area (Å²) in [5, 5.41) is 4.23. The molecule has 0 aliphatic heterocycles. The van der Waals surface area contributed by atoms with E-state index < -0.39 is 0 Å². The summed E-state index contributed by atoms with van der Waals surface area (Å²) in [6.45, 7) is 2.19. The highest BCUT2D eigenvalue weighted by atomic mass is 79.9. The SMILES string of the molecule is CCCCC(NN)c1cscc1Br. The molecule has 0 radical (unpaired) electrons. The van der Waals surface area contributed by atoms with Crippen LogP contribution in [0.2, 0.25) is 0 Å². The van der Waals surface area contributed by atoms with Crippen LogP contribution in [0.4, 0.5) is 0 Å². The fraction of sp³-hybridized carbons (Fsp3) is 0.556. The first-order valence-corrected chi connectivity index (χ1v) is 6.20. The van der Waals surface area contributed by atoms with E-state index in [-0.39, 0.29) is 0 Å². The summed E-state index contributed by atoms with van der Waals surface area (Å²) in [7, 11) is 0. The van der Waals surface area contributed by atoms with Gasteiger partial charge in [-0.25, -0.2) is 0 Å². The lowest BCUT2D eigenvalue weighted by atomic mass is 10.1. The van der Waals surface area contributed by atoms with Crippen molar-refractivity contribution in [3.05, 3.63) is 20.8 Å². The molecule has 0 aromatic carbocycles. The summed E-state index contributed by atoms with van der Waals surface area (Å²) < 4.78 is 1.16. The predicted octanol–water partition coefficient (Wildman–Crippen LogP) is 3.21. The summed E-state index contributed by atoms with van der Waals surface area (Å²) in [6.07, 6.45) is 3.51. The Hall–Kier alpha value is 0.100. The minimum absolute atomic E-state index is 0.292. The maximum absolute atomic E-state index is 5.51. The van der Waals surface area contributed by atoms with E-state index in [1.54, 1.807) is 11.3 Å². The van der Waals surface area contributed by atoms with Gasteiger partial charge in [0.25, 0.3) is 0 Å². The Bertz CT molecular complexity index is 250. The van der Waals surface area contributed by atoms with Crippen molar-refractivity contribution >= 4 is 27.3 Å². The van der Waals surface area contributed by atoms with Gasteiger partial charge in [-0.1, -0.05) is 19.8 Å². The van der Waals surface area contributed by atoms with Crippen LogP contribution in [0.1, 0.15) is 37.8 Å². The highest BCUT2D eigenvalue weighted by molar-refractivity contribution is 9.10. The van der Waals surface area contributed by atoms with Gasteiger partial charge in [-0.15, -0.1) is 0 Å². The van der Waals surface area contributed by atoms with Gasteiger partial charge >= 0.3 is 0 Å². The van der Waals surface area contributed by atoms with E-state index in [0.29, 0.717) is 6.04 Å². The van der Waals surface area contributed by atoms with Crippen LogP contribution < -0.4 is 11.3 Å². The van der Waals surface area contributed by atoms with E-state index in [0.717, 1.165) is 10.9 Å². The number of halogens is 1. The van der Waals surface area contributed by atoms with Gasteiger partial charge in [-0.2, -0.15) is 11.3 Å². The number of unbranched alkanes of at least 4 members (excludes halogenated alkanes) is 1. The Morgan fingerprint density at radius 3 is 2.85 bits per heavy atom. The van der Waals surface area contributed by atoms with Gasteiger partial charge < -0.3 is 0 Å². The lowest BCUT2D eigenvalue weighted by Gasteiger charge is -2.14. The normalized spacial score (nSPS) is 13.2. The molecule has 0 aliphatic rings. The van der Waals surface area contributed by atoms with Crippen molar-refractivity contribution in [2.75, 3.05) is 0 Å². The summed E-state index contributed by atoms with van der Waals surface area (Å²) in [5.74, 6) is 5.51. The van der Waals surface area contributed by atoms with Crippen LogP contribution in [0.25, 0.3) is 0 Å². The molecule has 4 heteroatoms. The smallest absolute Gasteiger partial charge is 0.0479 e. The minimum Gasteiger partial charge on any atom is -0.271 e. The van der Waals surface area contributed by atoms with E-state index in [1.807, 2.05) is 0 Å². The second-order valence-electron chi connectivity index (χ2n) is 3.04. The van der Waals surface area contributed by atoms with E-state index in [4.69, 9.17) is 5.84 Å². The molecule has 74 valence electrons. The van der Waals surface area contributed by atoms with Crippen molar-refractivity contribution in [1.82, 2.24) is 5.43 Å². The fourth-order valence-electron chi connectivity index (χ4n) is 1.28. The zero-order valence-corrected chi connectivity index (χ0v) is 10.1. The molecule has 1 atom stereocenters.